The molecule has 0 radical (unpaired) electrons. The molecule has 24 heavy (non-hydrogen) atoms. The third kappa shape index (κ3) is 5.09. The van der Waals surface area contributed by atoms with Crippen LogP contribution in [-0.2, 0) is 22.3 Å². The first kappa shape index (κ1) is 19.0. The van der Waals surface area contributed by atoms with Gasteiger partial charge in [0.1, 0.15) is 0 Å². The first-order valence-electron chi connectivity index (χ1n) is 7.66. The molecule has 2 heterocycles. The van der Waals surface area contributed by atoms with Crippen LogP contribution in [0, 0.1) is 6.92 Å². The molecule has 1 N–H and O–H groups in total. The molecule has 1 aliphatic rings. The van der Waals surface area contributed by atoms with E-state index in [0.717, 1.165) is 24.3 Å². The van der Waals surface area contributed by atoms with Crippen LogP contribution in [0.2, 0.25) is 5.02 Å². The monoisotopic (exact) mass is 368 g/mol. The second kappa shape index (κ2) is 8.17. The zero-order chi connectivity index (χ0) is 17.7. The number of nitrogens with zero attached hydrogens (tertiary/aromatic N) is 3. The highest BCUT2D eigenvalue weighted by Gasteiger charge is 2.38. The van der Waals surface area contributed by atoms with Gasteiger partial charge in [-0.1, -0.05) is 11.6 Å². The van der Waals surface area contributed by atoms with Gasteiger partial charge in [0.15, 0.2) is 5.69 Å². The van der Waals surface area contributed by atoms with E-state index < -0.39 is 16.9 Å². The number of carbonyl (C=O) groups is 1. The van der Waals surface area contributed by atoms with Crippen LogP contribution in [0.25, 0.3) is 0 Å². The van der Waals surface area contributed by atoms with E-state index in [1.807, 2.05) is 0 Å². The molecule has 10 heteroatoms. The summed E-state index contributed by atoms with van der Waals surface area (Å²) in [5, 5.41) is 5.80. The summed E-state index contributed by atoms with van der Waals surface area (Å²) in [6, 6.07) is 0. The zero-order valence-electron chi connectivity index (χ0n) is 13.3. The Labute approximate surface area is 142 Å². The molecular weight excluding hydrogens is 349 g/mol. The average molecular weight is 369 g/mol. The van der Waals surface area contributed by atoms with E-state index in [4.69, 9.17) is 16.3 Å². The van der Waals surface area contributed by atoms with Crippen LogP contribution in [0.15, 0.2) is 0 Å². The Balaban J connectivity index is 1.77. The van der Waals surface area contributed by atoms with Gasteiger partial charge in [0.25, 0.3) is 0 Å². The van der Waals surface area contributed by atoms with Crippen molar-refractivity contribution >= 4 is 17.5 Å². The van der Waals surface area contributed by atoms with E-state index in [0.29, 0.717) is 19.8 Å². The first-order chi connectivity index (χ1) is 11.3. The Bertz CT molecular complexity index is 571. The molecule has 0 aliphatic carbocycles. The van der Waals surface area contributed by atoms with Crippen molar-refractivity contribution in [1.82, 2.24) is 20.0 Å². The molecule has 0 saturated carbocycles. The fourth-order valence-corrected chi connectivity index (χ4v) is 2.64. The number of halogens is 4. The zero-order valence-corrected chi connectivity index (χ0v) is 14.1. The lowest BCUT2D eigenvalue weighted by atomic mass is 10.3. The van der Waals surface area contributed by atoms with Crippen molar-refractivity contribution in [3.8, 4) is 0 Å². The predicted octanol–water partition coefficient (Wildman–Crippen LogP) is 1.70. The molecule has 1 aromatic rings. The minimum absolute atomic E-state index is 0.0409. The van der Waals surface area contributed by atoms with Gasteiger partial charge in [0, 0.05) is 32.6 Å². The number of morpholine rings is 1. The predicted molar refractivity (Wildman–Crippen MR) is 81.9 cm³/mol. The van der Waals surface area contributed by atoms with Crippen LogP contribution >= 0.6 is 11.6 Å². The summed E-state index contributed by atoms with van der Waals surface area (Å²) in [4.78, 5) is 14.0. The highest BCUT2D eigenvalue weighted by atomic mass is 35.5. The number of aryl methyl sites for hydroxylation is 1. The summed E-state index contributed by atoms with van der Waals surface area (Å²) in [5.41, 5.74) is -0.917. The van der Waals surface area contributed by atoms with Gasteiger partial charge in [-0.3, -0.25) is 14.4 Å². The number of amides is 1. The van der Waals surface area contributed by atoms with Crippen molar-refractivity contribution in [3.05, 3.63) is 16.4 Å². The number of rotatable bonds is 6. The Morgan fingerprint density at radius 2 is 2.00 bits per heavy atom. The van der Waals surface area contributed by atoms with Crippen LogP contribution < -0.4 is 5.32 Å². The van der Waals surface area contributed by atoms with Crippen molar-refractivity contribution in [1.29, 1.82) is 0 Å². The molecule has 0 spiro atoms. The average Bonchev–Trinajstić information content (AvgIpc) is 2.82. The van der Waals surface area contributed by atoms with E-state index >= 15 is 0 Å². The van der Waals surface area contributed by atoms with Crippen LogP contribution in [0.5, 0.6) is 0 Å². The van der Waals surface area contributed by atoms with Gasteiger partial charge in [-0.05, 0) is 6.92 Å². The fraction of sp³-hybridized carbons (Fsp3) is 0.714. The van der Waals surface area contributed by atoms with Crippen LogP contribution in [0.3, 0.4) is 0 Å². The van der Waals surface area contributed by atoms with Crippen molar-refractivity contribution < 1.29 is 22.7 Å². The Morgan fingerprint density at radius 3 is 2.58 bits per heavy atom. The number of alkyl halides is 3. The maximum atomic E-state index is 12.7. The largest absolute Gasteiger partial charge is 0.436 e. The molecule has 0 atom stereocenters. The van der Waals surface area contributed by atoms with E-state index in [9.17, 15) is 18.0 Å². The summed E-state index contributed by atoms with van der Waals surface area (Å²) in [6.45, 7) is 5.75. The standard InChI is InChI=1S/C14H20ClF3N4O2/c1-10-12(15)13(14(16,17)18)20-22(10)4-2-11(23)19-3-5-21-6-8-24-9-7-21/h2-9H2,1H3,(H,19,23). The Morgan fingerprint density at radius 1 is 1.33 bits per heavy atom. The second-order valence-electron chi connectivity index (χ2n) is 5.52. The lowest BCUT2D eigenvalue weighted by Gasteiger charge is -2.26. The maximum absolute atomic E-state index is 12.7. The molecule has 1 saturated heterocycles. The number of carbonyl (C=O) groups excluding carboxylic acids is 1. The number of ether oxygens (including phenoxy) is 1. The van der Waals surface area contributed by atoms with Crippen molar-refractivity contribution in [2.45, 2.75) is 26.1 Å². The topological polar surface area (TPSA) is 59.4 Å². The van der Waals surface area contributed by atoms with Gasteiger partial charge >= 0.3 is 6.18 Å². The SMILES string of the molecule is Cc1c(Cl)c(C(F)(F)F)nn1CCC(=O)NCCN1CCOCC1. The summed E-state index contributed by atoms with van der Waals surface area (Å²) in [5.74, 6) is -0.233. The van der Waals surface area contributed by atoms with E-state index in [1.165, 1.54) is 6.92 Å². The minimum Gasteiger partial charge on any atom is -0.379 e. The molecule has 1 aliphatic heterocycles. The number of hydrogen-bond acceptors (Lipinski definition) is 4. The number of nitrogens with one attached hydrogen (secondary N) is 1. The third-order valence-corrected chi connectivity index (χ3v) is 4.26. The molecular formula is C14H20ClF3N4O2. The lowest BCUT2D eigenvalue weighted by molar-refractivity contribution is -0.141. The fourth-order valence-electron chi connectivity index (χ4n) is 2.40. The second-order valence-corrected chi connectivity index (χ2v) is 5.90. The van der Waals surface area contributed by atoms with Crippen molar-refractivity contribution in [2.24, 2.45) is 0 Å². The first-order valence-corrected chi connectivity index (χ1v) is 8.03. The number of aromatic nitrogens is 2. The highest BCUT2D eigenvalue weighted by molar-refractivity contribution is 6.31. The van der Waals surface area contributed by atoms with Gasteiger partial charge in [-0.2, -0.15) is 18.3 Å². The molecule has 0 bridgehead atoms. The van der Waals surface area contributed by atoms with Crippen LogP contribution in [0.1, 0.15) is 17.8 Å². The van der Waals surface area contributed by atoms with Gasteiger partial charge in [0.2, 0.25) is 5.91 Å². The van der Waals surface area contributed by atoms with Gasteiger partial charge < -0.3 is 10.1 Å². The van der Waals surface area contributed by atoms with Crippen molar-refractivity contribution in [2.75, 3.05) is 39.4 Å². The lowest BCUT2D eigenvalue weighted by Crippen LogP contribution is -2.41. The van der Waals surface area contributed by atoms with E-state index in [1.54, 1.807) is 0 Å². The summed E-state index contributed by atoms with van der Waals surface area (Å²) in [6.07, 6.45) is -4.56. The van der Waals surface area contributed by atoms with Gasteiger partial charge in [-0.25, -0.2) is 0 Å². The van der Waals surface area contributed by atoms with E-state index in [2.05, 4.69) is 15.3 Å². The van der Waals surface area contributed by atoms with Crippen LogP contribution in [0.4, 0.5) is 13.2 Å². The third-order valence-electron chi connectivity index (χ3n) is 3.81. The van der Waals surface area contributed by atoms with Crippen molar-refractivity contribution in [3.63, 3.8) is 0 Å². The maximum Gasteiger partial charge on any atom is 0.436 e. The van der Waals surface area contributed by atoms with Crippen LogP contribution in [-0.4, -0.2) is 60.0 Å². The molecule has 1 aromatic heterocycles. The molecule has 2 rings (SSSR count). The molecule has 6 nitrogen and oxygen atoms in total. The normalized spacial score (nSPS) is 16.4. The smallest absolute Gasteiger partial charge is 0.379 e. The Hall–Kier alpha value is -1.32. The highest BCUT2D eigenvalue weighted by Crippen LogP contribution is 2.35. The molecule has 1 fully saturated rings. The molecule has 1 amide bonds. The van der Waals surface area contributed by atoms with Gasteiger partial charge in [0.05, 0.1) is 30.5 Å². The molecule has 0 unspecified atom stereocenters. The summed E-state index contributed by atoms with van der Waals surface area (Å²) < 4.78 is 44.5. The Kier molecular flexibility index (Phi) is 6.47. The minimum atomic E-state index is -4.60. The summed E-state index contributed by atoms with van der Waals surface area (Å²) >= 11 is 5.66. The van der Waals surface area contributed by atoms with Gasteiger partial charge in [-0.15, -0.1) is 0 Å². The number of hydrogen-bond donors (Lipinski definition) is 1. The summed E-state index contributed by atoms with van der Waals surface area (Å²) in [7, 11) is 0. The molecule has 136 valence electrons. The quantitative estimate of drug-likeness (QED) is 0.830. The molecule has 0 aromatic carbocycles. The van der Waals surface area contributed by atoms with E-state index in [-0.39, 0.29) is 24.6 Å².